The molecule has 0 saturated heterocycles. The topological polar surface area (TPSA) is 76.1 Å². The number of rotatable bonds is 14. The molecule has 1 N–H and O–H groups in total. The summed E-state index contributed by atoms with van der Waals surface area (Å²) in [4.78, 5) is 28.7. The average Bonchev–Trinajstić information content (AvgIpc) is 2.99. The van der Waals surface area contributed by atoms with E-state index < -0.39 is 0 Å². The third-order valence-electron chi connectivity index (χ3n) is 7.49. The van der Waals surface area contributed by atoms with Crippen LogP contribution in [0.3, 0.4) is 0 Å². The number of carbonyl (C=O) groups is 2. The first-order valence-electron chi connectivity index (χ1n) is 14.0. The molecule has 6 heteroatoms. The molecule has 41 heavy (non-hydrogen) atoms. The van der Waals surface area contributed by atoms with Crippen LogP contribution >= 0.6 is 0 Å². The Hall–Kier alpha value is -4.26. The predicted octanol–water partition coefficient (Wildman–Crippen LogP) is 5.98. The van der Waals surface area contributed by atoms with Gasteiger partial charge in [-0.25, -0.2) is 0 Å². The number of benzene rings is 4. The third-order valence-corrected chi connectivity index (χ3v) is 7.49. The molecule has 1 aliphatic carbocycles. The third kappa shape index (κ3) is 7.91. The van der Waals surface area contributed by atoms with Gasteiger partial charge in [0.2, 0.25) is 0 Å². The Labute approximate surface area is 241 Å². The summed E-state index contributed by atoms with van der Waals surface area (Å²) in [7, 11) is 0. The average molecular weight is 550 g/mol. The van der Waals surface area contributed by atoms with E-state index in [1.807, 2.05) is 89.8 Å². The lowest BCUT2D eigenvalue weighted by Gasteiger charge is -2.41. The maximum absolute atomic E-state index is 13.4. The second-order valence-electron chi connectivity index (χ2n) is 10.5. The van der Waals surface area contributed by atoms with Crippen LogP contribution in [0.4, 0.5) is 0 Å². The molecule has 0 atom stereocenters. The van der Waals surface area contributed by atoms with E-state index in [0.717, 1.165) is 24.0 Å². The predicted molar refractivity (Wildman–Crippen MR) is 158 cm³/mol. The Morgan fingerprint density at radius 1 is 0.659 bits per heavy atom. The van der Waals surface area contributed by atoms with E-state index in [0.29, 0.717) is 35.8 Å². The lowest BCUT2D eigenvalue weighted by Crippen LogP contribution is -2.49. The van der Waals surface area contributed by atoms with Gasteiger partial charge in [0, 0.05) is 23.8 Å². The molecule has 0 unspecified atom stereocenters. The Morgan fingerprint density at radius 2 is 1.12 bits per heavy atom. The van der Waals surface area contributed by atoms with Gasteiger partial charge in [0.15, 0.2) is 11.6 Å². The highest BCUT2D eigenvalue weighted by atomic mass is 16.5. The van der Waals surface area contributed by atoms with Crippen molar-refractivity contribution in [3.63, 3.8) is 0 Å². The maximum Gasteiger partial charge on any atom is 0.176 e. The van der Waals surface area contributed by atoms with Crippen molar-refractivity contribution in [1.29, 1.82) is 0 Å². The van der Waals surface area contributed by atoms with Crippen LogP contribution in [0.2, 0.25) is 0 Å². The standard InChI is InChI=1S/C35H35NO5/c37-23-28-17-31(18-28)36(21-34(38)29-13-7-15-32(19-29)40-24-26-9-3-1-4-10-26)22-35(39)30-14-8-16-33(20-30)41-25-27-11-5-2-6-12-27/h1-16,19-20,28,31,37H,17-18,21-25H2. The van der Waals surface area contributed by atoms with Crippen molar-refractivity contribution in [1.82, 2.24) is 4.90 Å². The molecule has 0 amide bonds. The van der Waals surface area contributed by atoms with Crippen LogP contribution in [0.25, 0.3) is 0 Å². The van der Waals surface area contributed by atoms with Crippen molar-refractivity contribution in [2.24, 2.45) is 5.92 Å². The second kappa shape index (κ2) is 13.9. The van der Waals surface area contributed by atoms with Crippen LogP contribution in [0.5, 0.6) is 11.5 Å². The fourth-order valence-electron chi connectivity index (χ4n) is 5.01. The summed E-state index contributed by atoms with van der Waals surface area (Å²) in [5.74, 6) is 1.31. The molecule has 5 rings (SSSR count). The number of ketones is 2. The summed E-state index contributed by atoms with van der Waals surface area (Å²) < 4.78 is 11.8. The highest BCUT2D eigenvalue weighted by Gasteiger charge is 2.35. The number of carbonyl (C=O) groups excluding carboxylic acids is 2. The lowest BCUT2D eigenvalue weighted by molar-refractivity contribution is 0.0413. The zero-order valence-electron chi connectivity index (χ0n) is 23.0. The summed E-state index contributed by atoms with van der Waals surface area (Å²) in [5, 5.41) is 9.55. The van der Waals surface area contributed by atoms with Crippen molar-refractivity contribution in [2.45, 2.75) is 32.1 Å². The molecule has 0 bridgehead atoms. The van der Waals surface area contributed by atoms with Gasteiger partial charge in [-0.1, -0.05) is 84.9 Å². The normalized spacial score (nSPS) is 16.1. The molecule has 4 aromatic rings. The smallest absolute Gasteiger partial charge is 0.176 e. The molecule has 4 aromatic carbocycles. The number of hydrogen-bond acceptors (Lipinski definition) is 6. The molecule has 0 spiro atoms. The summed E-state index contributed by atoms with van der Waals surface area (Å²) in [6.07, 6.45) is 1.52. The number of aliphatic hydroxyl groups is 1. The Kier molecular flexibility index (Phi) is 9.57. The van der Waals surface area contributed by atoms with E-state index in [9.17, 15) is 14.7 Å². The summed E-state index contributed by atoms with van der Waals surface area (Å²) in [6.45, 7) is 1.17. The summed E-state index contributed by atoms with van der Waals surface area (Å²) >= 11 is 0. The molecule has 1 fully saturated rings. The van der Waals surface area contributed by atoms with Gasteiger partial charge in [-0.15, -0.1) is 0 Å². The molecule has 0 aromatic heterocycles. The van der Waals surface area contributed by atoms with Gasteiger partial charge in [-0.2, -0.15) is 0 Å². The van der Waals surface area contributed by atoms with Crippen LogP contribution in [-0.2, 0) is 13.2 Å². The fraction of sp³-hybridized carbons (Fsp3) is 0.257. The number of ether oxygens (including phenoxy) is 2. The highest BCUT2D eigenvalue weighted by molar-refractivity contribution is 6.00. The summed E-state index contributed by atoms with van der Waals surface area (Å²) in [6, 6.07) is 34.2. The second-order valence-corrected chi connectivity index (χ2v) is 10.5. The molecule has 1 saturated carbocycles. The van der Waals surface area contributed by atoms with E-state index in [1.54, 1.807) is 24.3 Å². The zero-order chi connectivity index (χ0) is 28.4. The van der Waals surface area contributed by atoms with Crippen molar-refractivity contribution in [2.75, 3.05) is 19.7 Å². The minimum atomic E-state index is -0.0737. The van der Waals surface area contributed by atoms with Crippen molar-refractivity contribution in [3.8, 4) is 11.5 Å². The van der Waals surface area contributed by atoms with E-state index in [-0.39, 0.29) is 43.2 Å². The minimum Gasteiger partial charge on any atom is -0.489 e. The largest absolute Gasteiger partial charge is 0.489 e. The zero-order valence-corrected chi connectivity index (χ0v) is 23.0. The SMILES string of the molecule is O=C(CN(CC(=O)c1cccc(OCc2ccccc2)c1)C1CC(CO)C1)c1cccc(OCc2ccccc2)c1. The Balaban J connectivity index is 1.23. The minimum absolute atomic E-state index is 0.0649. The first kappa shape index (κ1) is 28.3. The van der Waals surface area contributed by atoms with E-state index in [1.165, 1.54) is 0 Å². The molecule has 0 aliphatic heterocycles. The molecule has 0 heterocycles. The number of nitrogens with zero attached hydrogens (tertiary/aromatic N) is 1. The van der Waals surface area contributed by atoms with Gasteiger partial charge >= 0.3 is 0 Å². The number of Topliss-reactive ketones (excluding diaryl/α,β-unsaturated/α-hetero) is 2. The van der Waals surface area contributed by atoms with Gasteiger partial charge in [-0.05, 0) is 54.2 Å². The molecule has 6 nitrogen and oxygen atoms in total. The maximum atomic E-state index is 13.4. The van der Waals surface area contributed by atoms with Gasteiger partial charge < -0.3 is 14.6 Å². The molecule has 1 aliphatic rings. The fourth-order valence-corrected chi connectivity index (χ4v) is 5.01. The molecular formula is C35H35NO5. The van der Waals surface area contributed by atoms with Crippen LogP contribution in [0.15, 0.2) is 109 Å². The van der Waals surface area contributed by atoms with Gasteiger partial charge in [0.1, 0.15) is 24.7 Å². The van der Waals surface area contributed by atoms with Gasteiger partial charge in [-0.3, -0.25) is 14.5 Å². The lowest BCUT2D eigenvalue weighted by atomic mass is 9.79. The molecule has 210 valence electrons. The monoisotopic (exact) mass is 549 g/mol. The number of hydrogen-bond donors (Lipinski definition) is 1. The van der Waals surface area contributed by atoms with Crippen molar-refractivity contribution >= 4 is 11.6 Å². The van der Waals surface area contributed by atoms with Crippen LogP contribution in [0, 0.1) is 5.92 Å². The highest BCUT2D eigenvalue weighted by Crippen LogP contribution is 2.32. The van der Waals surface area contributed by atoms with Gasteiger partial charge in [0.25, 0.3) is 0 Å². The first-order valence-corrected chi connectivity index (χ1v) is 14.0. The summed E-state index contributed by atoms with van der Waals surface area (Å²) in [5.41, 5.74) is 3.18. The quantitative estimate of drug-likeness (QED) is 0.195. The van der Waals surface area contributed by atoms with Gasteiger partial charge in [0.05, 0.1) is 13.1 Å². The molecular weight excluding hydrogens is 514 g/mol. The van der Waals surface area contributed by atoms with Crippen molar-refractivity contribution < 1.29 is 24.2 Å². The van der Waals surface area contributed by atoms with E-state index >= 15 is 0 Å². The van der Waals surface area contributed by atoms with Crippen LogP contribution in [-0.4, -0.2) is 47.3 Å². The molecule has 0 radical (unpaired) electrons. The van der Waals surface area contributed by atoms with Crippen LogP contribution < -0.4 is 9.47 Å². The van der Waals surface area contributed by atoms with E-state index in [2.05, 4.69) is 0 Å². The van der Waals surface area contributed by atoms with Crippen molar-refractivity contribution in [3.05, 3.63) is 131 Å². The van der Waals surface area contributed by atoms with E-state index in [4.69, 9.17) is 9.47 Å². The number of aliphatic hydroxyl groups excluding tert-OH is 1. The van der Waals surface area contributed by atoms with Crippen LogP contribution in [0.1, 0.15) is 44.7 Å². The Morgan fingerprint density at radius 3 is 1.56 bits per heavy atom. The first-order chi connectivity index (χ1) is 20.1. The Bertz CT molecular complexity index is 1330.